The Bertz CT molecular complexity index is 1750. The average molecular weight is 799 g/mol. The SMILES string of the molecule is CCCCCCCCCCCCCCCCCCOC[C@H](COP(=O)(O)OC[C@H]1O[C@@](C#N)(c2ccc3c(C)ncnn23)[C@H](O)[C@@H]1O)Oc1cc(C#N)ccn1. The maximum atomic E-state index is 13.0. The predicted octanol–water partition coefficient (Wildman–Crippen LogP) is 7.00. The number of ether oxygens (including phenoxy) is 3. The maximum absolute atomic E-state index is 13.0. The molecule has 0 radical (unpaired) electrons. The molecule has 308 valence electrons. The van der Waals surface area contributed by atoms with E-state index in [0.717, 1.165) is 19.3 Å². The molecule has 4 heterocycles. The van der Waals surface area contributed by atoms with E-state index in [0.29, 0.717) is 23.4 Å². The number of unbranched alkanes of at least 4 members (excludes halogenated alkanes) is 15. The summed E-state index contributed by atoms with van der Waals surface area (Å²) >= 11 is 0. The summed E-state index contributed by atoms with van der Waals surface area (Å²) in [5, 5.41) is 45.4. The fourth-order valence-corrected chi connectivity index (χ4v) is 7.60. The molecule has 0 saturated carbocycles. The molecule has 1 saturated heterocycles. The van der Waals surface area contributed by atoms with Gasteiger partial charge in [-0.25, -0.2) is 19.0 Å². The van der Waals surface area contributed by atoms with Crippen molar-refractivity contribution in [2.75, 3.05) is 26.4 Å². The first-order valence-electron chi connectivity index (χ1n) is 20.1. The Kier molecular flexibility index (Phi) is 19.1. The second-order valence-electron chi connectivity index (χ2n) is 14.5. The number of rotatable bonds is 28. The van der Waals surface area contributed by atoms with Gasteiger partial charge in [-0.1, -0.05) is 103 Å². The van der Waals surface area contributed by atoms with Crippen molar-refractivity contribution in [1.82, 2.24) is 19.6 Å². The van der Waals surface area contributed by atoms with Gasteiger partial charge in [0.1, 0.15) is 36.8 Å². The largest absolute Gasteiger partial charge is 0.472 e. The van der Waals surface area contributed by atoms with Crippen LogP contribution < -0.4 is 4.74 Å². The first-order chi connectivity index (χ1) is 27.1. The monoisotopic (exact) mass is 798 g/mol. The number of hydrogen-bond acceptors (Lipinski definition) is 13. The Balaban J connectivity index is 1.18. The normalized spacial score (nSPS) is 21.1. The standard InChI is InChI=1S/C40H59N6O9P/c1-3-4-5-6-7-8-9-10-11-12-13-14-15-16-17-18-23-51-26-33(54-37-24-32(25-41)21-22-43-37)27-52-56(49,50)53-28-35-38(47)39(48)40(29-42,55-35)36-20-19-34-31(2)44-30-45-46(34)36/h19-22,24,30,33,35,38-39,47-48H,3-18,23,26-28H2,1-2H3,(H,49,50)/t33-,35-,38-,39-,40+/m1/s1. The Labute approximate surface area is 330 Å². The van der Waals surface area contributed by atoms with Crippen molar-refractivity contribution in [3.05, 3.63) is 53.7 Å². The minimum Gasteiger partial charge on any atom is -0.469 e. The fourth-order valence-electron chi connectivity index (χ4n) is 6.83. The number of aliphatic hydroxyl groups excluding tert-OH is 2. The van der Waals surface area contributed by atoms with Gasteiger partial charge >= 0.3 is 7.82 Å². The fraction of sp³-hybridized carbons (Fsp3) is 0.675. The summed E-state index contributed by atoms with van der Waals surface area (Å²) in [5.74, 6) is 0.111. The second kappa shape index (κ2) is 23.7. The van der Waals surface area contributed by atoms with Crippen LogP contribution in [0.3, 0.4) is 0 Å². The van der Waals surface area contributed by atoms with Crippen LogP contribution in [-0.2, 0) is 28.7 Å². The van der Waals surface area contributed by atoms with E-state index in [-0.39, 0.29) is 18.2 Å². The van der Waals surface area contributed by atoms with Crippen LogP contribution in [0.25, 0.3) is 5.52 Å². The van der Waals surface area contributed by atoms with Gasteiger partial charge in [0.2, 0.25) is 11.5 Å². The molecule has 0 amide bonds. The van der Waals surface area contributed by atoms with Crippen molar-refractivity contribution in [3.63, 3.8) is 0 Å². The van der Waals surface area contributed by atoms with E-state index in [9.17, 15) is 30.2 Å². The van der Waals surface area contributed by atoms with Gasteiger partial charge in [0, 0.05) is 18.9 Å². The average Bonchev–Trinajstić information content (AvgIpc) is 3.75. The number of nitrogens with zero attached hydrogens (tertiary/aromatic N) is 6. The molecular formula is C40H59N6O9P. The minimum absolute atomic E-state index is 0.00678. The molecule has 0 aliphatic carbocycles. The molecule has 16 heteroatoms. The van der Waals surface area contributed by atoms with Crippen LogP contribution in [-0.4, -0.2) is 85.5 Å². The molecule has 1 fully saturated rings. The Hall–Kier alpha value is -3.50. The van der Waals surface area contributed by atoms with Gasteiger partial charge in [0.05, 0.1) is 48.4 Å². The van der Waals surface area contributed by atoms with Crippen LogP contribution in [0.1, 0.15) is 127 Å². The van der Waals surface area contributed by atoms with Crippen LogP contribution in [0.2, 0.25) is 0 Å². The molecule has 3 aromatic rings. The zero-order valence-corrected chi connectivity index (χ0v) is 33.7. The summed E-state index contributed by atoms with van der Waals surface area (Å²) in [6.45, 7) is 3.33. The minimum atomic E-state index is -4.79. The van der Waals surface area contributed by atoms with E-state index in [1.54, 1.807) is 13.0 Å². The highest BCUT2D eigenvalue weighted by atomic mass is 31.2. The van der Waals surface area contributed by atoms with Gasteiger partial charge < -0.3 is 29.3 Å². The van der Waals surface area contributed by atoms with Crippen LogP contribution in [0.15, 0.2) is 36.8 Å². The van der Waals surface area contributed by atoms with E-state index >= 15 is 0 Å². The number of phosphoric ester groups is 1. The predicted molar refractivity (Wildman–Crippen MR) is 207 cm³/mol. The van der Waals surface area contributed by atoms with Gasteiger partial charge in [-0.2, -0.15) is 15.6 Å². The third kappa shape index (κ3) is 13.6. The Morgan fingerprint density at radius 3 is 2.18 bits per heavy atom. The quantitative estimate of drug-likeness (QED) is 0.0498. The molecule has 6 atom stereocenters. The molecule has 15 nitrogen and oxygen atoms in total. The van der Waals surface area contributed by atoms with Crippen LogP contribution in [0.4, 0.5) is 0 Å². The van der Waals surface area contributed by atoms with E-state index in [2.05, 4.69) is 22.0 Å². The number of hydrogen-bond donors (Lipinski definition) is 3. The van der Waals surface area contributed by atoms with Crippen LogP contribution in [0, 0.1) is 29.6 Å². The molecule has 3 aromatic heterocycles. The molecule has 3 N–H and O–H groups in total. The maximum Gasteiger partial charge on any atom is 0.472 e. The second-order valence-corrected chi connectivity index (χ2v) is 15.9. The summed E-state index contributed by atoms with van der Waals surface area (Å²) < 4.78 is 42.4. The summed E-state index contributed by atoms with van der Waals surface area (Å²) in [7, 11) is -4.79. The van der Waals surface area contributed by atoms with Crippen molar-refractivity contribution in [3.8, 4) is 18.0 Å². The highest BCUT2D eigenvalue weighted by molar-refractivity contribution is 7.47. The Morgan fingerprint density at radius 2 is 1.55 bits per heavy atom. The lowest BCUT2D eigenvalue weighted by atomic mass is 9.92. The van der Waals surface area contributed by atoms with Crippen molar-refractivity contribution in [1.29, 1.82) is 10.5 Å². The smallest absolute Gasteiger partial charge is 0.469 e. The summed E-state index contributed by atoms with van der Waals surface area (Å²) in [5.41, 5.74) is -0.412. The summed E-state index contributed by atoms with van der Waals surface area (Å²) in [6, 6.07) is 10.1. The number of phosphoric acid groups is 1. The molecular weight excluding hydrogens is 739 g/mol. The summed E-state index contributed by atoms with van der Waals surface area (Å²) in [6.07, 6.45) is 17.3. The van der Waals surface area contributed by atoms with Crippen molar-refractivity contribution >= 4 is 13.3 Å². The number of fused-ring (bicyclic) bond motifs is 1. The van der Waals surface area contributed by atoms with Crippen LogP contribution in [0.5, 0.6) is 5.88 Å². The zero-order chi connectivity index (χ0) is 40.2. The molecule has 0 bridgehead atoms. The van der Waals surface area contributed by atoms with Crippen molar-refractivity contribution in [2.24, 2.45) is 0 Å². The third-order valence-corrected chi connectivity index (χ3v) is 11.0. The van der Waals surface area contributed by atoms with E-state index < -0.39 is 51.1 Å². The van der Waals surface area contributed by atoms with Crippen LogP contribution >= 0.6 is 7.82 Å². The molecule has 1 aliphatic rings. The lowest BCUT2D eigenvalue weighted by Crippen LogP contribution is -2.41. The first-order valence-corrected chi connectivity index (χ1v) is 21.6. The van der Waals surface area contributed by atoms with E-state index in [1.165, 1.54) is 119 Å². The molecule has 0 aromatic carbocycles. The number of pyridine rings is 1. The Morgan fingerprint density at radius 1 is 0.911 bits per heavy atom. The third-order valence-electron chi connectivity index (χ3n) is 10.1. The first kappa shape index (κ1) is 45.2. The molecule has 4 rings (SSSR count). The molecule has 1 aliphatic heterocycles. The van der Waals surface area contributed by atoms with Crippen molar-refractivity contribution in [2.45, 2.75) is 147 Å². The molecule has 0 spiro atoms. The van der Waals surface area contributed by atoms with Gasteiger partial charge in [-0.05, 0) is 31.5 Å². The van der Waals surface area contributed by atoms with Crippen molar-refractivity contribution < 1.29 is 42.9 Å². The summed E-state index contributed by atoms with van der Waals surface area (Å²) in [4.78, 5) is 18.8. The molecule has 56 heavy (non-hydrogen) atoms. The molecule has 1 unspecified atom stereocenters. The number of nitriles is 2. The van der Waals surface area contributed by atoms with E-state index in [4.69, 9.17) is 23.3 Å². The highest BCUT2D eigenvalue weighted by Gasteiger charge is 2.58. The van der Waals surface area contributed by atoms with Gasteiger partial charge in [0.15, 0.2) is 0 Å². The topological polar surface area (TPSA) is 215 Å². The highest BCUT2D eigenvalue weighted by Crippen LogP contribution is 2.46. The lowest BCUT2D eigenvalue weighted by Gasteiger charge is -2.24. The lowest BCUT2D eigenvalue weighted by molar-refractivity contribution is -0.0652. The van der Waals surface area contributed by atoms with E-state index in [1.807, 2.05) is 12.1 Å². The van der Waals surface area contributed by atoms with Gasteiger partial charge in [0.25, 0.3) is 0 Å². The number of aliphatic hydroxyl groups is 2. The number of aromatic nitrogens is 4. The van der Waals surface area contributed by atoms with Gasteiger partial charge in [-0.3, -0.25) is 9.05 Å². The number of aryl methyl sites for hydroxylation is 1. The zero-order valence-electron chi connectivity index (χ0n) is 32.8. The van der Waals surface area contributed by atoms with Gasteiger partial charge in [-0.15, -0.1) is 0 Å².